The van der Waals surface area contributed by atoms with E-state index in [1.807, 2.05) is 0 Å². The summed E-state index contributed by atoms with van der Waals surface area (Å²) in [7, 11) is -4.60. The van der Waals surface area contributed by atoms with Crippen molar-refractivity contribution in [2.24, 2.45) is 0 Å². The van der Waals surface area contributed by atoms with Crippen LogP contribution in [0.15, 0.2) is 65.6 Å². The minimum absolute atomic E-state index is 0.00746. The van der Waals surface area contributed by atoms with Gasteiger partial charge in [0.05, 0.1) is 20.0 Å². The number of rotatable bonds is 5. The van der Waals surface area contributed by atoms with Crippen LogP contribution in [0.4, 0.5) is 0 Å². The highest BCUT2D eigenvalue weighted by Crippen LogP contribution is 2.31. The molecular weight excluding hydrogens is 578 g/mol. The first-order valence-corrected chi connectivity index (χ1v) is 13.8. The quantitative estimate of drug-likeness (QED) is 0.257. The van der Waals surface area contributed by atoms with E-state index in [2.05, 4.69) is 62.4 Å². The summed E-state index contributed by atoms with van der Waals surface area (Å²) in [5.74, 6) is 0. The van der Waals surface area contributed by atoms with E-state index in [-0.39, 0.29) is 36.3 Å². The second-order valence-corrected chi connectivity index (χ2v) is 11.8. The van der Waals surface area contributed by atoms with Gasteiger partial charge in [-0.05, 0) is 60.4 Å². The van der Waals surface area contributed by atoms with Crippen molar-refractivity contribution in [1.82, 2.24) is 0 Å². The molecule has 0 spiro atoms. The molecule has 3 aromatic rings. The molecule has 8 heteroatoms. The molecule has 0 aliphatic rings. The molecule has 3 nitrogen and oxygen atoms in total. The number of hydrogen-bond donors (Lipinski definition) is 0. The second-order valence-electron chi connectivity index (χ2n) is 6.21. The lowest BCUT2D eigenvalue weighted by atomic mass is 10.2. The maximum atomic E-state index is 10.6. The molecular formula is C22H20Cl3IO3S. The zero-order valence-electron chi connectivity index (χ0n) is 16.3. The molecule has 0 aliphatic carbocycles. The van der Waals surface area contributed by atoms with Crippen LogP contribution in [-0.4, -0.2) is 13.0 Å². The molecule has 0 saturated carbocycles. The summed E-state index contributed by atoms with van der Waals surface area (Å²) in [6.45, 7) is 4.40. The van der Waals surface area contributed by atoms with Crippen LogP contribution in [0.5, 0.6) is 0 Å². The van der Waals surface area contributed by atoms with Gasteiger partial charge in [-0.3, -0.25) is 0 Å². The predicted molar refractivity (Wildman–Crippen MR) is 118 cm³/mol. The largest absolute Gasteiger partial charge is 0.744 e. The third kappa shape index (κ3) is 7.70. The Balaban J connectivity index is 0.000000222. The third-order valence-corrected chi connectivity index (χ3v) is 8.81. The molecule has 0 N–H and O–H groups in total. The maximum Gasteiger partial charge on any atom is 0.357 e. The first kappa shape index (κ1) is 25.4. The van der Waals surface area contributed by atoms with E-state index in [9.17, 15) is 13.0 Å². The van der Waals surface area contributed by atoms with E-state index in [0.29, 0.717) is 0 Å². The van der Waals surface area contributed by atoms with Gasteiger partial charge in [0, 0.05) is 0 Å². The van der Waals surface area contributed by atoms with E-state index >= 15 is 0 Å². The Morgan fingerprint density at radius 2 is 1.13 bits per heavy atom. The SMILES string of the molecule is CCc1ccc([I+]c2ccc(CC)cc2)cc1.O=S(=O)([O-])c1cc(Cl)c(Cl)cc1Cl. The van der Waals surface area contributed by atoms with Gasteiger partial charge in [0.15, 0.2) is 7.14 Å². The summed E-state index contributed by atoms with van der Waals surface area (Å²) in [6.07, 6.45) is 2.26. The lowest BCUT2D eigenvalue weighted by Gasteiger charge is -2.09. The summed E-state index contributed by atoms with van der Waals surface area (Å²) in [5, 5.41) is -0.163. The Morgan fingerprint density at radius 3 is 1.50 bits per heavy atom. The van der Waals surface area contributed by atoms with Crippen molar-refractivity contribution in [3.8, 4) is 0 Å². The van der Waals surface area contributed by atoms with Crippen molar-refractivity contribution >= 4 is 44.9 Å². The molecule has 30 heavy (non-hydrogen) atoms. The predicted octanol–water partition coefficient (Wildman–Crippen LogP) is 3.49. The molecule has 0 unspecified atom stereocenters. The number of aryl methyl sites for hydroxylation is 2. The standard InChI is InChI=1S/C16H18I.C6H3Cl3O3S/c1-3-13-5-9-15(10-6-13)17-16-11-7-14(4-2)8-12-16;7-3-1-5(9)6(2-4(3)8)13(10,11)12/h5-12H,3-4H2,1-2H3;1-2H,(H,10,11,12)/q+1;/p-1. The Kier molecular flexibility index (Phi) is 9.91. The summed E-state index contributed by atoms with van der Waals surface area (Å²) < 4.78 is 34.7. The van der Waals surface area contributed by atoms with Crippen LogP contribution >= 0.6 is 34.8 Å². The van der Waals surface area contributed by atoms with Crippen LogP contribution in [0.25, 0.3) is 0 Å². The molecule has 0 aromatic heterocycles. The molecule has 0 saturated heterocycles. The Morgan fingerprint density at radius 1 is 0.733 bits per heavy atom. The highest BCUT2D eigenvalue weighted by Gasteiger charge is 2.14. The van der Waals surface area contributed by atoms with Crippen molar-refractivity contribution in [2.75, 3.05) is 0 Å². The number of benzene rings is 3. The lowest BCUT2D eigenvalue weighted by molar-refractivity contribution is -0.597. The van der Waals surface area contributed by atoms with E-state index in [0.717, 1.165) is 25.0 Å². The second kappa shape index (κ2) is 11.7. The average Bonchev–Trinajstić information content (AvgIpc) is 2.71. The van der Waals surface area contributed by atoms with Crippen molar-refractivity contribution in [1.29, 1.82) is 0 Å². The normalized spacial score (nSPS) is 11.0. The molecule has 0 fully saturated rings. The molecule has 0 radical (unpaired) electrons. The van der Waals surface area contributed by atoms with Gasteiger partial charge < -0.3 is 4.55 Å². The number of hydrogen-bond acceptors (Lipinski definition) is 3. The highest BCUT2D eigenvalue weighted by atomic mass is 127. The Bertz CT molecular complexity index is 1040. The van der Waals surface area contributed by atoms with Gasteiger partial charge in [-0.25, -0.2) is 8.42 Å². The molecule has 0 amide bonds. The van der Waals surface area contributed by atoms with Crippen LogP contribution in [0.3, 0.4) is 0 Å². The van der Waals surface area contributed by atoms with Gasteiger partial charge in [0.2, 0.25) is 0 Å². The maximum absolute atomic E-state index is 10.6. The van der Waals surface area contributed by atoms with Gasteiger partial charge in [-0.15, -0.1) is 0 Å². The Hall–Kier alpha value is -0.830. The van der Waals surface area contributed by atoms with Crippen LogP contribution in [-0.2, 0) is 23.0 Å². The molecule has 3 rings (SSSR count). The molecule has 0 heterocycles. The summed E-state index contributed by atoms with van der Waals surface area (Å²) in [4.78, 5) is -0.566. The zero-order valence-corrected chi connectivity index (χ0v) is 21.6. The first-order chi connectivity index (χ1) is 14.1. The number of halogens is 4. The smallest absolute Gasteiger partial charge is 0.357 e. The van der Waals surface area contributed by atoms with Crippen LogP contribution in [0.1, 0.15) is 25.0 Å². The lowest BCUT2D eigenvalue weighted by Crippen LogP contribution is -3.61. The summed E-state index contributed by atoms with van der Waals surface area (Å²) in [6, 6.07) is 20.2. The van der Waals surface area contributed by atoms with Gasteiger partial charge in [-0.2, -0.15) is 0 Å². The van der Waals surface area contributed by atoms with Crippen molar-refractivity contribution in [2.45, 2.75) is 31.6 Å². The topological polar surface area (TPSA) is 57.2 Å². The minimum Gasteiger partial charge on any atom is -0.744 e. The minimum atomic E-state index is -4.60. The average molecular weight is 598 g/mol. The van der Waals surface area contributed by atoms with E-state index in [1.54, 1.807) is 0 Å². The van der Waals surface area contributed by atoms with Crippen molar-refractivity contribution in [3.05, 3.63) is 94.0 Å². The fraction of sp³-hybridized carbons (Fsp3) is 0.182. The Labute approximate surface area is 203 Å². The van der Waals surface area contributed by atoms with Gasteiger partial charge in [0.1, 0.15) is 10.1 Å². The molecule has 160 valence electrons. The molecule has 3 aromatic carbocycles. The zero-order chi connectivity index (χ0) is 22.3. The van der Waals surface area contributed by atoms with E-state index in [4.69, 9.17) is 34.8 Å². The molecule has 0 bridgehead atoms. The highest BCUT2D eigenvalue weighted by molar-refractivity contribution is 7.85. The van der Waals surface area contributed by atoms with Crippen molar-refractivity contribution in [3.63, 3.8) is 0 Å². The first-order valence-electron chi connectivity index (χ1n) is 9.07. The third-order valence-electron chi connectivity index (χ3n) is 4.11. The molecule has 0 atom stereocenters. The summed E-state index contributed by atoms with van der Waals surface area (Å²) in [5.41, 5.74) is 2.86. The van der Waals surface area contributed by atoms with Gasteiger partial charge in [0.25, 0.3) is 0 Å². The van der Waals surface area contributed by atoms with Crippen LogP contribution in [0.2, 0.25) is 15.1 Å². The fourth-order valence-corrected chi connectivity index (χ4v) is 6.00. The van der Waals surface area contributed by atoms with E-state index < -0.39 is 15.0 Å². The molecule has 0 aliphatic heterocycles. The van der Waals surface area contributed by atoms with Crippen LogP contribution < -0.4 is 21.2 Å². The fourth-order valence-electron chi connectivity index (χ4n) is 2.39. The van der Waals surface area contributed by atoms with Crippen molar-refractivity contribution < 1.29 is 34.2 Å². The monoisotopic (exact) mass is 596 g/mol. The van der Waals surface area contributed by atoms with Gasteiger partial charge in [-0.1, -0.05) is 72.9 Å². The van der Waals surface area contributed by atoms with E-state index in [1.165, 1.54) is 18.3 Å². The van der Waals surface area contributed by atoms with Crippen LogP contribution in [0, 0.1) is 7.14 Å². The van der Waals surface area contributed by atoms with Gasteiger partial charge >= 0.3 is 21.2 Å². The summed E-state index contributed by atoms with van der Waals surface area (Å²) >= 11 is 16.5.